The van der Waals surface area contributed by atoms with Crippen molar-refractivity contribution in [2.24, 2.45) is 0 Å². The van der Waals surface area contributed by atoms with Crippen LogP contribution >= 0.6 is 0 Å². The molecule has 0 radical (unpaired) electrons. The van der Waals surface area contributed by atoms with Gasteiger partial charge in [-0.2, -0.15) is 5.26 Å². The van der Waals surface area contributed by atoms with Crippen LogP contribution in [0.3, 0.4) is 0 Å². The summed E-state index contributed by atoms with van der Waals surface area (Å²) in [6, 6.07) is 7.07. The molecule has 10 heteroatoms. The van der Waals surface area contributed by atoms with E-state index in [0.717, 1.165) is 45.2 Å². The van der Waals surface area contributed by atoms with Crippen LogP contribution in [0.15, 0.2) is 35.4 Å². The second-order valence-electron chi connectivity index (χ2n) is 9.58. The Morgan fingerprint density at radius 3 is 2.62 bits per heavy atom. The Bertz CT molecular complexity index is 1380. The van der Waals surface area contributed by atoms with Crippen molar-refractivity contribution in [1.29, 1.82) is 5.26 Å². The molecule has 37 heavy (non-hydrogen) atoms. The molecule has 3 aromatic heterocycles. The Kier molecular flexibility index (Phi) is 7.44. The molecule has 10 nitrogen and oxygen atoms in total. The molecule has 1 aliphatic carbocycles. The molecule has 2 N–H and O–H groups in total. The molecule has 2 aliphatic rings. The van der Waals surface area contributed by atoms with E-state index in [-0.39, 0.29) is 17.4 Å². The fourth-order valence-corrected chi connectivity index (χ4v) is 5.07. The minimum absolute atomic E-state index is 0.00939. The molecule has 0 bridgehead atoms. The molecular weight excluding hydrogens is 472 g/mol. The van der Waals surface area contributed by atoms with Gasteiger partial charge in [-0.15, -0.1) is 0 Å². The van der Waals surface area contributed by atoms with E-state index < -0.39 is 11.5 Å². The third-order valence-corrected chi connectivity index (χ3v) is 7.17. The van der Waals surface area contributed by atoms with Crippen LogP contribution in [0, 0.1) is 11.3 Å². The van der Waals surface area contributed by atoms with E-state index in [1.54, 1.807) is 24.4 Å². The molecule has 0 aromatic carbocycles. The Labute approximate surface area is 214 Å². The van der Waals surface area contributed by atoms with Gasteiger partial charge in [0.1, 0.15) is 23.0 Å². The third-order valence-electron chi connectivity index (χ3n) is 7.17. The standard InChI is InChI=1S/C27H30N6O4/c28-15-18-6-7-22(29-16-18)19-14-21-24(34)23(26(35)31-20-4-2-1-3-5-20)27(36)33(25(21)30-17-19)9-8-32-10-12-37-13-11-32/h6-7,14,16-17,20,34H,1-5,8-13H2,(H,31,35). The number of aromatic nitrogens is 3. The number of carbonyl (C=O) groups excluding carboxylic acids is 1. The highest BCUT2D eigenvalue weighted by Crippen LogP contribution is 2.29. The lowest BCUT2D eigenvalue weighted by Crippen LogP contribution is -2.42. The number of hydrogen-bond acceptors (Lipinski definition) is 8. The van der Waals surface area contributed by atoms with Crippen LogP contribution in [-0.2, 0) is 11.3 Å². The average Bonchev–Trinajstić information content (AvgIpc) is 2.94. The van der Waals surface area contributed by atoms with E-state index in [1.165, 1.54) is 10.8 Å². The molecule has 4 heterocycles. The molecule has 0 atom stereocenters. The van der Waals surface area contributed by atoms with Gasteiger partial charge < -0.3 is 15.2 Å². The normalized spacial score (nSPS) is 16.9. The monoisotopic (exact) mass is 502 g/mol. The summed E-state index contributed by atoms with van der Waals surface area (Å²) in [5.41, 5.74) is 1.09. The first-order valence-electron chi connectivity index (χ1n) is 12.8. The van der Waals surface area contributed by atoms with Crippen LogP contribution in [0.25, 0.3) is 22.3 Å². The number of morpholine rings is 1. The second-order valence-corrected chi connectivity index (χ2v) is 9.58. The van der Waals surface area contributed by atoms with Gasteiger partial charge in [0.05, 0.1) is 29.9 Å². The van der Waals surface area contributed by atoms with Crippen molar-refractivity contribution < 1.29 is 14.6 Å². The molecule has 0 spiro atoms. The summed E-state index contributed by atoms with van der Waals surface area (Å²) in [6.07, 6.45) is 7.98. The van der Waals surface area contributed by atoms with Crippen LogP contribution in [0.5, 0.6) is 5.75 Å². The summed E-state index contributed by atoms with van der Waals surface area (Å²) in [4.78, 5) is 38.0. The van der Waals surface area contributed by atoms with E-state index in [0.29, 0.717) is 54.2 Å². The highest BCUT2D eigenvalue weighted by molar-refractivity contribution is 6.02. The van der Waals surface area contributed by atoms with Gasteiger partial charge in [0.15, 0.2) is 0 Å². The molecule has 1 saturated carbocycles. The van der Waals surface area contributed by atoms with Gasteiger partial charge in [0.2, 0.25) is 0 Å². The lowest BCUT2D eigenvalue weighted by atomic mass is 9.95. The molecular formula is C27H30N6O4. The quantitative estimate of drug-likeness (QED) is 0.525. The first-order chi connectivity index (χ1) is 18.0. The number of nitriles is 1. The van der Waals surface area contributed by atoms with Crippen LogP contribution in [0.2, 0.25) is 0 Å². The van der Waals surface area contributed by atoms with Gasteiger partial charge in [-0.3, -0.25) is 24.0 Å². The van der Waals surface area contributed by atoms with Crippen molar-refractivity contribution in [1.82, 2.24) is 24.8 Å². The Balaban J connectivity index is 1.56. The predicted octanol–water partition coefficient (Wildman–Crippen LogP) is 2.43. The number of fused-ring (bicyclic) bond motifs is 1. The van der Waals surface area contributed by atoms with Gasteiger partial charge in [-0.05, 0) is 31.0 Å². The second kappa shape index (κ2) is 11.1. The van der Waals surface area contributed by atoms with Crippen LogP contribution in [-0.4, -0.2) is 69.3 Å². The van der Waals surface area contributed by atoms with Gasteiger partial charge in [0, 0.05) is 50.2 Å². The molecule has 192 valence electrons. The van der Waals surface area contributed by atoms with E-state index in [9.17, 15) is 14.7 Å². The van der Waals surface area contributed by atoms with E-state index in [4.69, 9.17) is 10.00 Å². The van der Waals surface area contributed by atoms with Crippen molar-refractivity contribution >= 4 is 16.9 Å². The van der Waals surface area contributed by atoms with E-state index >= 15 is 0 Å². The Morgan fingerprint density at radius 2 is 1.92 bits per heavy atom. The van der Waals surface area contributed by atoms with Crippen molar-refractivity contribution in [2.45, 2.75) is 44.7 Å². The van der Waals surface area contributed by atoms with Crippen molar-refractivity contribution in [3.63, 3.8) is 0 Å². The van der Waals surface area contributed by atoms with Crippen LogP contribution in [0.1, 0.15) is 48.0 Å². The number of ether oxygens (including phenoxy) is 1. The molecule has 2 fully saturated rings. The molecule has 1 amide bonds. The summed E-state index contributed by atoms with van der Waals surface area (Å²) in [5.74, 6) is -0.933. The van der Waals surface area contributed by atoms with Crippen molar-refractivity contribution in [2.75, 3.05) is 32.8 Å². The summed E-state index contributed by atoms with van der Waals surface area (Å²) in [6.45, 7) is 3.72. The molecule has 3 aromatic rings. The van der Waals surface area contributed by atoms with Crippen LogP contribution < -0.4 is 10.9 Å². The molecule has 0 unspecified atom stereocenters. The largest absolute Gasteiger partial charge is 0.506 e. The van der Waals surface area contributed by atoms with Gasteiger partial charge in [0.25, 0.3) is 11.5 Å². The summed E-state index contributed by atoms with van der Waals surface area (Å²) in [5, 5.41) is 23.6. The first-order valence-corrected chi connectivity index (χ1v) is 12.8. The Morgan fingerprint density at radius 1 is 1.14 bits per heavy atom. The average molecular weight is 503 g/mol. The lowest BCUT2D eigenvalue weighted by molar-refractivity contribution is 0.0364. The number of aromatic hydroxyl groups is 1. The van der Waals surface area contributed by atoms with E-state index in [2.05, 4.69) is 20.2 Å². The minimum Gasteiger partial charge on any atom is -0.506 e. The number of pyridine rings is 3. The van der Waals surface area contributed by atoms with Crippen LogP contribution in [0.4, 0.5) is 0 Å². The van der Waals surface area contributed by atoms with Gasteiger partial charge in [-0.1, -0.05) is 19.3 Å². The van der Waals surface area contributed by atoms with Crippen molar-refractivity contribution in [3.05, 3.63) is 52.1 Å². The SMILES string of the molecule is N#Cc1ccc(-c2cnc3c(c2)c(O)c(C(=O)NC2CCCCC2)c(=O)n3CCN2CCOCC2)nc1. The maximum Gasteiger partial charge on any atom is 0.268 e. The molecule has 5 rings (SSSR count). The first kappa shape index (κ1) is 24.9. The molecule has 1 saturated heterocycles. The zero-order valence-corrected chi connectivity index (χ0v) is 20.7. The number of rotatable bonds is 6. The smallest absolute Gasteiger partial charge is 0.268 e. The Hall–Kier alpha value is -3.81. The predicted molar refractivity (Wildman–Crippen MR) is 137 cm³/mol. The number of nitrogens with zero attached hydrogens (tertiary/aromatic N) is 5. The number of amides is 1. The summed E-state index contributed by atoms with van der Waals surface area (Å²) >= 11 is 0. The fourth-order valence-electron chi connectivity index (χ4n) is 5.07. The van der Waals surface area contributed by atoms with Crippen molar-refractivity contribution in [3.8, 4) is 23.1 Å². The topological polar surface area (TPSA) is 133 Å². The zero-order chi connectivity index (χ0) is 25.8. The highest BCUT2D eigenvalue weighted by Gasteiger charge is 2.26. The number of carbonyl (C=O) groups is 1. The van der Waals surface area contributed by atoms with Gasteiger partial charge in [-0.25, -0.2) is 4.98 Å². The van der Waals surface area contributed by atoms with E-state index in [1.807, 2.05) is 6.07 Å². The lowest BCUT2D eigenvalue weighted by Gasteiger charge is -2.27. The summed E-state index contributed by atoms with van der Waals surface area (Å²) in [7, 11) is 0. The zero-order valence-electron chi connectivity index (χ0n) is 20.7. The maximum absolute atomic E-state index is 13.6. The number of nitrogens with one attached hydrogen (secondary N) is 1. The number of hydrogen-bond donors (Lipinski definition) is 2. The fraction of sp³-hybridized carbons (Fsp3) is 0.444. The summed E-state index contributed by atoms with van der Waals surface area (Å²) < 4.78 is 6.90. The van der Waals surface area contributed by atoms with Gasteiger partial charge >= 0.3 is 0 Å². The third kappa shape index (κ3) is 5.33. The molecule has 1 aliphatic heterocycles. The minimum atomic E-state index is -0.557. The maximum atomic E-state index is 13.6. The highest BCUT2D eigenvalue weighted by atomic mass is 16.5.